The molecule has 0 fully saturated rings. The third-order valence-electron chi connectivity index (χ3n) is 8.06. The van der Waals surface area contributed by atoms with Gasteiger partial charge in [0.25, 0.3) is 11.8 Å². The van der Waals surface area contributed by atoms with Crippen LogP contribution in [0.5, 0.6) is 0 Å². The van der Waals surface area contributed by atoms with E-state index in [2.05, 4.69) is 21.3 Å². The average molecular weight is 724 g/mol. The summed E-state index contributed by atoms with van der Waals surface area (Å²) in [5.74, 6) is -1.12. The number of hydrogen-bond acceptors (Lipinski definition) is 11. The van der Waals surface area contributed by atoms with E-state index in [1.807, 2.05) is 7.05 Å². The molecule has 0 atom stereocenters. The molecule has 15 heteroatoms. The van der Waals surface area contributed by atoms with Crippen molar-refractivity contribution in [3.63, 3.8) is 0 Å². The zero-order chi connectivity index (χ0) is 37.4. The quantitative estimate of drug-likeness (QED) is 0.0420. The number of imide groups is 1. The molecule has 290 valence electrons. The van der Waals surface area contributed by atoms with Gasteiger partial charge in [0.1, 0.15) is 18.1 Å². The molecule has 1 aliphatic rings. The number of aldehydes is 2. The summed E-state index contributed by atoms with van der Waals surface area (Å²) in [4.78, 5) is 83.1. The van der Waals surface area contributed by atoms with Gasteiger partial charge in [-0.2, -0.15) is 0 Å². The van der Waals surface area contributed by atoms with Gasteiger partial charge in [-0.3, -0.25) is 28.9 Å². The molecule has 0 radical (unpaired) electrons. The van der Waals surface area contributed by atoms with Gasteiger partial charge in [-0.1, -0.05) is 38.5 Å². The van der Waals surface area contributed by atoms with Crippen LogP contribution in [0, 0.1) is 0 Å². The highest BCUT2D eigenvalue weighted by molar-refractivity contribution is 6.12. The van der Waals surface area contributed by atoms with Gasteiger partial charge in [0, 0.05) is 63.9 Å². The van der Waals surface area contributed by atoms with Crippen molar-refractivity contribution in [3.05, 3.63) is 12.2 Å². The lowest BCUT2D eigenvalue weighted by molar-refractivity contribution is -0.137. The van der Waals surface area contributed by atoms with Gasteiger partial charge in [-0.05, 0) is 39.3 Å². The van der Waals surface area contributed by atoms with Gasteiger partial charge in [0.2, 0.25) is 17.7 Å². The molecule has 0 bridgehead atoms. The Morgan fingerprint density at radius 2 is 1.10 bits per heavy atom. The third kappa shape index (κ3) is 23.5. The van der Waals surface area contributed by atoms with E-state index in [9.17, 15) is 33.6 Å². The van der Waals surface area contributed by atoms with E-state index < -0.39 is 5.54 Å². The zero-order valence-electron chi connectivity index (χ0n) is 30.5. The first-order valence-electron chi connectivity index (χ1n) is 18.4. The molecule has 0 saturated heterocycles. The number of carbonyl (C=O) groups excluding carboxylic acids is 7. The Morgan fingerprint density at radius 3 is 1.65 bits per heavy atom. The van der Waals surface area contributed by atoms with Crippen LogP contribution in [0.25, 0.3) is 0 Å². The number of nitrogens with zero attached hydrogens (tertiary/aromatic N) is 1. The van der Waals surface area contributed by atoms with Crippen LogP contribution in [0.4, 0.5) is 0 Å². The summed E-state index contributed by atoms with van der Waals surface area (Å²) in [5, 5.41) is 11.7. The number of carbonyl (C=O) groups is 7. The maximum Gasteiger partial charge on any atom is 0.253 e. The van der Waals surface area contributed by atoms with E-state index in [-0.39, 0.29) is 102 Å². The molecular weight excluding hydrogens is 662 g/mol. The highest BCUT2D eigenvalue weighted by Gasteiger charge is 2.33. The number of hydrogen-bond donors (Lipinski definition) is 4. The zero-order valence-corrected chi connectivity index (χ0v) is 30.5. The lowest BCUT2D eigenvalue weighted by Crippen LogP contribution is -2.58. The Hall–Kier alpha value is -3.53. The number of ether oxygens (including phenoxy) is 3. The van der Waals surface area contributed by atoms with Crippen LogP contribution in [-0.4, -0.2) is 125 Å². The highest BCUT2D eigenvalue weighted by atomic mass is 16.5. The fourth-order valence-electron chi connectivity index (χ4n) is 5.24. The first-order valence-corrected chi connectivity index (χ1v) is 18.4. The van der Waals surface area contributed by atoms with Crippen LogP contribution < -0.4 is 21.3 Å². The van der Waals surface area contributed by atoms with E-state index in [0.717, 1.165) is 81.8 Å². The minimum absolute atomic E-state index is 0.0242. The molecule has 0 aromatic heterocycles. The van der Waals surface area contributed by atoms with E-state index in [0.29, 0.717) is 25.8 Å². The summed E-state index contributed by atoms with van der Waals surface area (Å²) >= 11 is 0. The van der Waals surface area contributed by atoms with Crippen molar-refractivity contribution in [2.45, 2.75) is 102 Å². The van der Waals surface area contributed by atoms with Crippen molar-refractivity contribution < 1.29 is 47.8 Å². The van der Waals surface area contributed by atoms with Gasteiger partial charge in [-0.15, -0.1) is 0 Å². The number of nitrogens with one attached hydrogen (secondary N) is 4. The van der Waals surface area contributed by atoms with Crippen molar-refractivity contribution in [2.24, 2.45) is 0 Å². The van der Waals surface area contributed by atoms with E-state index >= 15 is 0 Å². The van der Waals surface area contributed by atoms with E-state index in [1.54, 1.807) is 0 Å². The van der Waals surface area contributed by atoms with Gasteiger partial charge in [0.15, 0.2) is 0 Å². The molecule has 4 N–H and O–H groups in total. The third-order valence-corrected chi connectivity index (χ3v) is 8.06. The van der Waals surface area contributed by atoms with Crippen LogP contribution in [0.1, 0.15) is 96.3 Å². The second-order valence-electron chi connectivity index (χ2n) is 12.6. The largest absolute Gasteiger partial charge is 0.378 e. The lowest BCUT2D eigenvalue weighted by Gasteiger charge is -2.34. The lowest BCUT2D eigenvalue weighted by atomic mass is 10.0. The first-order chi connectivity index (χ1) is 24.8. The molecule has 0 aromatic carbocycles. The summed E-state index contributed by atoms with van der Waals surface area (Å²) in [6.45, 7) is 2.45. The maximum absolute atomic E-state index is 13.1. The highest BCUT2D eigenvalue weighted by Crippen LogP contribution is 2.14. The number of rotatable bonds is 35. The van der Waals surface area contributed by atoms with Crippen molar-refractivity contribution in [3.8, 4) is 0 Å². The second kappa shape index (κ2) is 30.1. The smallest absolute Gasteiger partial charge is 0.253 e. The predicted octanol–water partition coefficient (Wildman–Crippen LogP) is 1.52. The summed E-state index contributed by atoms with van der Waals surface area (Å²) in [7, 11) is 1.88. The number of amides is 5. The Balaban J connectivity index is 2.37. The Morgan fingerprint density at radius 1 is 0.627 bits per heavy atom. The van der Waals surface area contributed by atoms with E-state index in [1.165, 1.54) is 12.2 Å². The van der Waals surface area contributed by atoms with Crippen molar-refractivity contribution in [1.29, 1.82) is 0 Å². The second-order valence-corrected chi connectivity index (χ2v) is 12.6. The van der Waals surface area contributed by atoms with Crippen molar-refractivity contribution in [1.82, 2.24) is 26.2 Å². The fourth-order valence-corrected chi connectivity index (χ4v) is 5.24. The molecule has 0 unspecified atom stereocenters. The van der Waals surface area contributed by atoms with E-state index in [4.69, 9.17) is 14.2 Å². The molecule has 5 amide bonds. The average Bonchev–Trinajstić information content (AvgIpc) is 3.43. The Labute approximate surface area is 302 Å². The number of unbranched alkanes of at least 4 members (excludes halogenated alkanes) is 8. The molecule has 0 aromatic rings. The molecule has 1 rings (SSSR count). The van der Waals surface area contributed by atoms with Crippen LogP contribution in [-0.2, 0) is 47.8 Å². The van der Waals surface area contributed by atoms with Crippen LogP contribution >= 0.6 is 0 Å². The molecule has 0 aliphatic carbocycles. The molecule has 0 saturated carbocycles. The molecule has 0 spiro atoms. The van der Waals surface area contributed by atoms with Crippen LogP contribution in [0.3, 0.4) is 0 Å². The van der Waals surface area contributed by atoms with Gasteiger partial charge in [-0.25, -0.2) is 0 Å². The van der Waals surface area contributed by atoms with Gasteiger partial charge in [0.05, 0.1) is 39.6 Å². The molecule has 1 aliphatic heterocycles. The standard InChI is InChI=1S/C36H61N5O10/c1-37-19-10-11-20-38-32(45)18-27-51-30-36(28-49-25-12-23-42,29-50-26-13-24-43)40-33(46)15-9-7-5-3-2-4-6-8-14-31(44)39-21-22-41-34(47)16-17-35(41)48/h16-17,23-24,37H,2-15,18-22,25-30H2,1H3,(H,38,45)(H,39,44)(H,40,46). The maximum atomic E-state index is 13.1. The molecule has 51 heavy (non-hydrogen) atoms. The summed E-state index contributed by atoms with van der Waals surface area (Å²) < 4.78 is 17.3. The van der Waals surface area contributed by atoms with Crippen molar-refractivity contribution in [2.75, 3.05) is 72.9 Å². The normalized spacial score (nSPS) is 12.7. The Bertz CT molecular complexity index is 1040. The van der Waals surface area contributed by atoms with Crippen LogP contribution in [0.2, 0.25) is 0 Å². The molecular formula is C36H61N5O10. The molecule has 1 heterocycles. The minimum Gasteiger partial charge on any atom is -0.378 e. The van der Waals surface area contributed by atoms with Crippen LogP contribution in [0.15, 0.2) is 12.2 Å². The molecule has 15 nitrogen and oxygen atoms in total. The van der Waals surface area contributed by atoms with Crippen molar-refractivity contribution >= 4 is 42.1 Å². The minimum atomic E-state index is -1.06. The summed E-state index contributed by atoms with van der Waals surface area (Å²) in [5.41, 5.74) is -1.06. The first kappa shape index (κ1) is 45.5. The monoisotopic (exact) mass is 723 g/mol. The van der Waals surface area contributed by atoms with Gasteiger partial charge < -0.3 is 45.1 Å². The fraction of sp³-hybridized carbons (Fsp3) is 0.750. The Kier molecular flexibility index (Phi) is 26.9. The summed E-state index contributed by atoms with van der Waals surface area (Å²) in [6, 6.07) is 0. The SMILES string of the molecule is CNCCCCNC(=O)CCOCC(COCCC=O)(COCCC=O)NC(=O)CCCCCCCCCCC(=O)NCCN1C(=O)C=CC1=O. The topological polar surface area (TPSA) is 199 Å². The summed E-state index contributed by atoms with van der Waals surface area (Å²) in [6.07, 6.45) is 14.4. The van der Waals surface area contributed by atoms with Gasteiger partial charge >= 0.3 is 0 Å². The predicted molar refractivity (Wildman–Crippen MR) is 191 cm³/mol.